The van der Waals surface area contributed by atoms with E-state index in [2.05, 4.69) is 15.6 Å². The SMILES string of the molecule is CCNC(=NCCC(F)(F)F)NCCc1ccccc1C. The molecule has 0 atom stereocenters. The normalized spacial score (nSPS) is 12.3. The van der Waals surface area contributed by atoms with Crippen molar-refractivity contribution < 1.29 is 13.2 Å². The third-order valence-corrected chi connectivity index (χ3v) is 2.96. The van der Waals surface area contributed by atoms with Crippen LogP contribution in [0.3, 0.4) is 0 Å². The number of guanidine groups is 1. The van der Waals surface area contributed by atoms with Gasteiger partial charge >= 0.3 is 6.18 Å². The van der Waals surface area contributed by atoms with Crippen LogP contribution < -0.4 is 10.6 Å². The highest BCUT2D eigenvalue weighted by molar-refractivity contribution is 5.79. The number of hydrogen-bond acceptors (Lipinski definition) is 1. The van der Waals surface area contributed by atoms with Crippen LogP contribution in [0.1, 0.15) is 24.5 Å². The molecule has 118 valence electrons. The second-order valence-corrected chi connectivity index (χ2v) is 4.73. The van der Waals surface area contributed by atoms with Crippen LogP contribution in [-0.4, -0.2) is 31.8 Å². The van der Waals surface area contributed by atoms with Crippen molar-refractivity contribution in [1.29, 1.82) is 0 Å². The summed E-state index contributed by atoms with van der Waals surface area (Å²) in [7, 11) is 0. The van der Waals surface area contributed by atoms with Gasteiger partial charge in [0, 0.05) is 13.1 Å². The summed E-state index contributed by atoms with van der Waals surface area (Å²) in [6, 6.07) is 8.04. The van der Waals surface area contributed by atoms with E-state index in [-0.39, 0.29) is 6.54 Å². The zero-order valence-corrected chi connectivity index (χ0v) is 12.4. The van der Waals surface area contributed by atoms with Crippen molar-refractivity contribution in [1.82, 2.24) is 10.6 Å². The summed E-state index contributed by atoms with van der Waals surface area (Å²) in [4.78, 5) is 3.93. The van der Waals surface area contributed by atoms with Gasteiger partial charge in [-0.2, -0.15) is 13.2 Å². The molecule has 0 radical (unpaired) electrons. The zero-order chi connectivity index (χ0) is 15.7. The van der Waals surface area contributed by atoms with Gasteiger partial charge < -0.3 is 10.6 Å². The molecule has 21 heavy (non-hydrogen) atoms. The number of halogens is 3. The van der Waals surface area contributed by atoms with Gasteiger partial charge in [0.2, 0.25) is 0 Å². The molecular formula is C15H22F3N3. The minimum atomic E-state index is -4.16. The van der Waals surface area contributed by atoms with Crippen molar-refractivity contribution in [3.63, 3.8) is 0 Å². The van der Waals surface area contributed by atoms with Crippen LogP contribution >= 0.6 is 0 Å². The van der Waals surface area contributed by atoms with Gasteiger partial charge in [0.15, 0.2) is 5.96 Å². The fraction of sp³-hybridized carbons (Fsp3) is 0.533. The lowest BCUT2D eigenvalue weighted by atomic mass is 10.1. The van der Waals surface area contributed by atoms with E-state index in [1.54, 1.807) is 0 Å². The Morgan fingerprint density at radius 2 is 1.90 bits per heavy atom. The summed E-state index contributed by atoms with van der Waals surface area (Å²) in [5.74, 6) is 0.426. The van der Waals surface area contributed by atoms with E-state index in [9.17, 15) is 13.2 Å². The standard InChI is InChI=1S/C15H22F3N3/c1-3-19-14(21-11-9-15(16,17)18)20-10-8-13-7-5-4-6-12(13)2/h4-7H,3,8-11H2,1-2H3,(H2,19,20,21). The molecule has 0 spiro atoms. The van der Waals surface area contributed by atoms with Crippen LogP contribution in [0.5, 0.6) is 0 Å². The number of alkyl halides is 3. The molecule has 0 aliphatic rings. The van der Waals surface area contributed by atoms with Crippen molar-refractivity contribution >= 4 is 5.96 Å². The number of benzene rings is 1. The lowest BCUT2D eigenvalue weighted by molar-refractivity contribution is -0.132. The predicted molar refractivity (Wildman–Crippen MR) is 79.5 cm³/mol. The minimum Gasteiger partial charge on any atom is -0.357 e. The van der Waals surface area contributed by atoms with Gasteiger partial charge in [-0.1, -0.05) is 24.3 Å². The molecule has 1 aromatic carbocycles. The fourth-order valence-electron chi connectivity index (χ4n) is 1.84. The smallest absolute Gasteiger partial charge is 0.357 e. The molecule has 2 N–H and O–H groups in total. The van der Waals surface area contributed by atoms with Crippen molar-refractivity contribution in [2.75, 3.05) is 19.6 Å². The van der Waals surface area contributed by atoms with Crippen LogP contribution in [0.4, 0.5) is 13.2 Å². The third-order valence-electron chi connectivity index (χ3n) is 2.96. The van der Waals surface area contributed by atoms with E-state index in [0.29, 0.717) is 19.0 Å². The first-order valence-corrected chi connectivity index (χ1v) is 7.06. The Balaban J connectivity index is 2.44. The van der Waals surface area contributed by atoms with Gasteiger partial charge in [-0.25, -0.2) is 0 Å². The highest BCUT2D eigenvalue weighted by atomic mass is 19.4. The highest BCUT2D eigenvalue weighted by Crippen LogP contribution is 2.18. The quantitative estimate of drug-likeness (QED) is 0.626. The Bertz CT molecular complexity index is 456. The topological polar surface area (TPSA) is 36.4 Å². The van der Waals surface area contributed by atoms with E-state index < -0.39 is 12.6 Å². The maximum Gasteiger partial charge on any atom is 0.390 e. The van der Waals surface area contributed by atoms with Crippen LogP contribution in [-0.2, 0) is 6.42 Å². The average Bonchev–Trinajstić information content (AvgIpc) is 2.39. The number of aryl methyl sites for hydroxylation is 1. The molecule has 6 heteroatoms. The lowest BCUT2D eigenvalue weighted by Crippen LogP contribution is -2.38. The molecule has 0 aliphatic heterocycles. The molecule has 0 bridgehead atoms. The Morgan fingerprint density at radius 3 is 2.52 bits per heavy atom. The van der Waals surface area contributed by atoms with Crippen LogP contribution in [0.2, 0.25) is 0 Å². The Morgan fingerprint density at radius 1 is 1.19 bits per heavy atom. The Hall–Kier alpha value is -1.72. The largest absolute Gasteiger partial charge is 0.390 e. The van der Waals surface area contributed by atoms with Crippen molar-refractivity contribution in [2.24, 2.45) is 4.99 Å². The van der Waals surface area contributed by atoms with Crippen molar-refractivity contribution in [3.8, 4) is 0 Å². The number of nitrogens with one attached hydrogen (secondary N) is 2. The van der Waals surface area contributed by atoms with Gasteiger partial charge in [0.25, 0.3) is 0 Å². The average molecular weight is 301 g/mol. The number of rotatable bonds is 6. The maximum absolute atomic E-state index is 12.1. The van der Waals surface area contributed by atoms with E-state index in [1.165, 1.54) is 11.1 Å². The molecule has 1 aromatic rings. The van der Waals surface area contributed by atoms with Gasteiger partial charge in [-0.15, -0.1) is 0 Å². The van der Waals surface area contributed by atoms with Gasteiger partial charge in [-0.3, -0.25) is 4.99 Å². The number of hydrogen-bond donors (Lipinski definition) is 2. The summed E-state index contributed by atoms with van der Waals surface area (Å²) in [5, 5.41) is 6.00. The fourth-order valence-corrected chi connectivity index (χ4v) is 1.84. The molecule has 0 aromatic heterocycles. The first-order valence-electron chi connectivity index (χ1n) is 7.06. The molecule has 0 heterocycles. The number of nitrogens with zero attached hydrogens (tertiary/aromatic N) is 1. The van der Waals surface area contributed by atoms with E-state index >= 15 is 0 Å². The monoisotopic (exact) mass is 301 g/mol. The van der Waals surface area contributed by atoms with Gasteiger partial charge in [0.1, 0.15) is 0 Å². The zero-order valence-electron chi connectivity index (χ0n) is 12.4. The Kier molecular flexibility index (Phi) is 7.05. The van der Waals surface area contributed by atoms with E-state index in [1.807, 2.05) is 38.1 Å². The summed E-state index contributed by atoms with van der Waals surface area (Å²) < 4.78 is 36.3. The molecule has 0 unspecified atom stereocenters. The molecule has 3 nitrogen and oxygen atoms in total. The van der Waals surface area contributed by atoms with Crippen molar-refractivity contribution in [2.45, 2.75) is 32.9 Å². The molecule has 0 aliphatic carbocycles. The minimum absolute atomic E-state index is 0.261. The molecule has 0 fully saturated rings. The van der Waals surface area contributed by atoms with Crippen LogP contribution in [0.25, 0.3) is 0 Å². The molecular weight excluding hydrogens is 279 g/mol. The van der Waals surface area contributed by atoms with Crippen LogP contribution in [0, 0.1) is 6.92 Å². The van der Waals surface area contributed by atoms with E-state index in [0.717, 1.165) is 6.42 Å². The van der Waals surface area contributed by atoms with Crippen LogP contribution in [0.15, 0.2) is 29.3 Å². The summed E-state index contributed by atoms with van der Waals surface area (Å²) in [6.07, 6.45) is -4.26. The molecule has 0 saturated heterocycles. The summed E-state index contributed by atoms with van der Waals surface area (Å²) in [6.45, 7) is 4.90. The first-order chi connectivity index (χ1) is 9.92. The predicted octanol–water partition coefficient (Wildman–Crippen LogP) is 3.05. The first kappa shape index (κ1) is 17.3. The van der Waals surface area contributed by atoms with Crippen molar-refractivity contribution in [3.05, 3.63) is 35.4 Å². The van der Waals surface area contributed by atoms with Gasteiger partial charge in [-0.05, 0) is 31.4 Å². The van der Waals surface area contributed by atoms with E-state index in [4.69, 9.17) is 0 Å². The molecule has 0 saturated carbocycles. The lowest BCUT2D eigenvalue weighted by Gasteiger charge is -2.12. The molecule has 1 rings (SSSR count). The molecule has 0 amide bonds. The summed E-state index contributed by atoms with van der Waals surface area (Å²) in [5.41, 5.74) is 2.43. The Labute approximate surface area is 123 Å². The second-order valence-electron chi connectivity index (χ2n) is 4.73. The van der Waals surface area contributed by atoms with Gasteiger partial charge in [0.05, 0.1) is 13.0 Å². The maximum atomic E-state index is 12.1. The third kappa shape index (κ3) is 7.58. The number of aliphatic imine (C=N–C) groups is 1. The second kappa shape index (κ2) is 8.54. The summed E-state index contributed by atoms with van der Waals surface area (Å²) >= 11 is 0. The highest BCUT2D eigenvalue weighted by Gasteiger charge is 2.26.